The summed E-state index contributed by atoms with van der Waals surface area (Å²) in [5, 5.41) is 2.85. The van der Waals surface area contributed by atoms with Gasteiger partial charge in [0.25, 0.3) is 0 Å². The van der Waals surface area contributed by atoms with E-state index < -0.39 is 0 Å². The number of hydrogen-bond acceptors (Lipinski definition) is 4. The van der Waals surface area contributed by atoms with Crippen molar-refractivity contribution in [2.45, 2.75) is 4.90 Å². The van der Waals surface area contributed by atoms with Crippen molar-refractivity contribution in [2.24, 2.45) is 0 Å². The molecule has 0 spiro atoms. The van der Waals surface area contributed by atoms with Gasteiger partial charge in [0.05, 0.1) is 23.4 Å². The maximum absolute atomic E-state index is 12.1. The summed E-state index contributed by atoms with van der Waals surface area (Å²) in [4.78, 5) is 17.1. The smallest absolute Gasteiger partial charge is 0.336 e. The number of pyridine rings is 1. The zero-order valence-electron chi connectivity index (χ0n) is 10.2. The number of aromatic nitrogens is 1. The molecule has 1 N–H and O–H groups in total. The highest BCUT2D eigenvalue weighted by Gasteiger charge is 2.25. The number of fused-ring (bicyclic) bond motifs is 1. The van der Waals surface area contributed by atoms with E-state index in [9.17, 15) is 4.79 Å². The summed E-state index contributed by atoms with van der Waals surface area (Å²) >= 11 is 1.38. The van der Waals surface area contributed by atoms with Crippen LogP contribution in [0.15, 0.2) is 47.5 Å². The van der Waals surface area contributed by atoms with Crippen molar-refractivity contribution < 1.29 is 9.53 Å². The topological polar surface area (TPSA) is 54.5 Å². The Hall–Kier alpha value is -2.21. The van der Waals surface area contributed by atoms with Crippen molar-refractivity contribution in [3.05, 3.63) is 42.6 Å². The van der Waals surface area contributed by atoms with E-state index in [0.717, 1.165) is 16.3 Å². The van der Waals surface area contributed by atoms with Gasteiger partial charge in [0.1, 0.15) is 0 Å². The van der Waals surface area contributed by atoms with E-state index in [2.05, 4.69) is 10.3 Å². The zero-order chi connectivity index (χ0) is 13.2. The Morgan fingerprint density at radius 1 is 1.32 bits per heavy atom. The monoisotopic (exact) mass is 273 g/mol. The van der Waals surface area contributed by atoms with Crippen LogP contribution in [0.25, 0.3) is 0 Å². The van der Waals surface area contributed by atoms with Crippen LogP contribution in [0.1, 0.15) is 0 Å². The van der Waals surface area contributed by atoms with Crippen LogP contribution >= 0.6 is 11.9 Å². The van der Waals surface area contributed by atoms with Crippen LogP contribution in [0.5, 0.6) is 5.88 Å². The first kappa shape index (κ1) is 11.9. The number of rotatable bonds is 2. The van der Waals surface area contributed by atoms with E-state index >= 15 is 0 Å². The Balaban J connectivity index is 1.96. The molecule has 96 valence electrons. The first-order chi connectivity index (χ1) is 9.28. The molecule has 1 aliphatic rings. The van der Waals surface area contributed by atoms with Crippen molar-refractivity contribution in [1.29, 1.82) is 0 Å². The molecule has 1 aromatic heterocycles. The predicted molar refractivity (Wildman–Crippen MR) is 74.6 cm³/mol. The van der Waals surface area contributed by atoms with Gasteiger partial charge in [-0.1, -0.05) is 12.1 Å². The van der Waals surface area contributed by atoms with Crippen LogP contribution in [0.3, 0.4) is 0 Å². The van der Waals surface area contributed by atoms with Crippen LogP contribution in [0.4, 0.5) is 16.2 Å². The van der Waals surface area contributed by atoms with Gasteiger partial charge in [0.2, 0.25) is 5.88 Å². The Bertz CT molecular complexity index is 633. The molecule has 19 heavy (non-hydrogen) atoms. The molecule has 0 fully saturated rings. The van der Waals surface area contributed by atoms with Gasteiger partial charge < -0.3 is 10.1 Å². The second-order valence-corrected chi connectivity index (χ2v) is 4.86. The van der Waals surface area contributed by atoms with Crippen molar-refractivity contribution in [3.63, 3.8) is 0 Å². The van der Waals surface area contributed by atoms with E-state index in [4.69, 9.17) is 4.74 Å². The van der Waals surface area contributed by atoms with Crippen LogP contribution in [-0.4, -0.2) is 18.1 Å². The normalized spacial score (nSPS) is 13.7. The third-order valence-corrected chi connectivity index (χ3v) is 3.78. The number of methoxy groups -OCH3 is 1. The molecule has 0 unspecified atom stereocenters. The number of nitrogens with one attached hydrogen (secondary N) is 1. The molecule has 0 saturated heterocycles. The number of carbonyl (C=O) groups is 1. The summed E-state index contributed by atoms with van der Waals surface area (Å²) in [5.74, 6) is 0.477. The molecule has 1 aliphatic heterocycles. The van der Waals surface area contributed by atoms with Crippen LogP contribution in [0, 0.1) is 0 Å². The number of ether oxygens (including phenoxy) is 1. The van der Waals surface area contributed by atoms with Crippen LogP contribution in [0.2, 0.25) is 0 Å². The van der Waals surface area contributed by atoms with Crippen LogP contribution < -0.4 is 14.4 Å². The zero-order valence-corrected chi connectivity index (χ0v) is 11.0. The molecule has 0 saturated carbocycles. The Morgan fingerprint density at radius 2 is 2.16 bits per heavy atom. The summed E-state index contributed by atoms with van der Waals surface area (Å²) in [5.41, 5.74) is 1.55. The maximum atomic E-state index is 12.1. The lowest BCUT2D eigenvalue weighted by Gasteiger charge is -2.27. The summed E-state index contributed by atoms with van der Waals surface area (Å²) in [6.45, 7) is 0. The fourth-order valence-electron chi connectivity index (χ4n) is 1.76. The molecule has 0 bridgehead atoms. The number of benzene rings is 1. The first-order valence-corrected chi connectivity index (χ1v) is 6.43. The second kappa shape index (κ2) is 4.81. The van der Waals surface area contributed by atoms with Gasteiger partial charge in [-0.3, -0.25) is 0 Å². The maximum Gasteiger partial charge on any atom is 0.336 e. The Morgan fingerprint density at radius 3 is 3.00 bits per heavy atom. The number of nitrogens with zero attached hydrogens (tertiary/aromatic N) is 2. The lowest BCUT2D eigenvalue weighted by molar-refractivity contribution is 0.260. The molecule has 2 heterocycles. The quantitative estimate of drug-likeness (QED) is 0.854. The highest BCUT2D eigenvalue weighted by atomic mass is 32.2. The molecule has 1 aromatic carbocycles. The number of urea groups is 1. The summed E-state index contributed by atoms with van der Waals surface area (Å²) in [6, 6.07) is 11.0. The van der Waals surface area contributed by atoms with Crippen molar-refractivity contribution in [2.75, 3.05) is 16.7 Å². The SMILES string of the molecule is COc1cc(N2Sc3ccccc3NC2=O)ccn1. The molecular weight excluding hydrogens is 262 g/mol. The van der Waals surface area contributed by atoms with E-state index in [1.807, 2.05) is 24.3 Å². The number of anilines is 2. The predicted octanol–water partition coefficient (Wildman–Crippen LogP) is 3.15. The fourth-order valence-corrected chi connectivity index (χ4v) is 2.66. The minimum absolute atomic E-state index is 0.183. The summed E-state index contributed by atoms with van der Waals surface area (Å²) in [6.07, 6.45) is 1.61. The van der Waals surface area contributed by atoms with Gasteiger partial charge in [-0.2, -0.15) is 0 Å². The van der Waals surface area contributed by atoms with Crippen LogP contribution in [-0.2, 0) is 0 Å². The third kappa shape index (κ3) is 2.22. The number of amides is 2. The minimum Gasteiger partial charge on any atom is -0.481 e. The molecule has 2 amide bonds. The fraction of sp³-hybridized carbons (Fsp3) is 0.0769. The highest BCUT2D eigenvalue weighted by molar-refractivity contribution is 8.01. The highest BCUT2D eigenvalue weighted by Crippen LogP contribution is 2.38. The summed E-state index contributed by atoms with van der Waals surface area (Å²) in [7, 11) is 1.55. The van der Waals surface area contributed by atoms with E-state index in [-0.39, 0.29) is 6.03 Å². The van der Waals surface area contributed by atoms with Gasteiger partial charge >= 0.3 is 6.03 Å². The molecule has 6 heteroatoms. The minimum atomic E-state index is -0.183. The molecule has 0 aliphatic carbocycles. The van der Waals surface area contributed by atoms with E-state index in [1.165, 1.54) is 11.9 Å². The number of hydrogen-bond donors (Lipinski definition) is 1. The molecule has 3 rings (SSSR count). The van der Waals surface area contributed by atoms with E-state index in [0.29, 0.717) is 5.88 Å². The molecular formula is C13H11N3O2S. The second-order valence-electron chi connectivity index (χ2n) is 3.87. The lowest BCUT2D eigenvalue weighted by atomic mass is 10.3. The molecule has 5 nitrogen and oxygen atoms in total. The molecule has 2 aromatic rings. The van der Waals surface area contributed by atoms with Gasteiger partial charge in [-0.05, 0) is 30.1 Å². The lowest BCUT2D eigenvalue weighted by Crippen LogP contribution is -2.32. The van der Waals surface area contributed by atoms with Gasteiger partial charge in [0.15, 0.2) is 0 Å². The standard InChI is InChI=1S/C13H11N3O2S/c1-18-12-8-9(6-7-14-12)16-13(17)15-10-4-2-3-5-11(10)19-16/h2-8H,1H3,(H,15,17). The first-order valence-electron chi connectivity index (χ1n) is 5.66. The molecule has 0 radical (unpaired) electrons. The third-order valence-electron chi connectivity index (χ3n) is 2.66. The Labute approximate surface area is 114 Å². The molecule has 0 atom stereocenters. The van der Waals surface area contributed by atoms with Crippen molar-refractivity contribution >= 4 is 29.4 Å². The van der Waals surface area contributed by atoms with Crippen molar-refractivity contribution in [1.82, 2.24) is 4.98 Å². The van der Waals surface area contributed by atoms with Crippen molar-refractivity contribution in [3.8, 4) is 5.88 Å². The largest absolute Gasteiger partial charge is 0.481 e. The number of para-hydroxylation sites is 1. The van der Waals surface area contributed by atoms with Gasteiger partial charge in [-0.15, -0.1) is 0 Å². The Kier molecular flexibility index (Phi) is 3.00. The number of carbonyl (C=O) groups excluding carboxylic acids is 1. The average molecular weight is 273 g/mol. The summed E-state index contributed by atoms with van der Waals surface area (Å²) < 4.78 is 6.65. The van der Waals surface area contributed by atoms with Gasteiger partial charge in [-0.25, -0.2) is 14.1 Å². The van der Waals surface area contributed by atoms with E-state index in [1.54, 1.807) is 29.7 Å². The van der Waals surface area contributed by atoms with Gasteiger partial charge in [0, 0.05) is 12.3 Å². The average Bonchev–Trinajstić information content (AvgIpc) is 2.46.